The minimum absolute atomic E-state index is 0.125. The average molecular weight is 183 g/mol. The van der Waals surface area contributed by atoms with E-state index < -0.39 is 0 Å². The van der Waals surface area contributed by atoms with Gasteiger partial charge in [-0.25, -0.2) is 0 Å². The van der Waals surface area contributed by atoms with Gasteiger partial charge in [0.2, 0.25) is 0 Å². The summed E-state index contributed by atoms with van der Waals surface area (Å²) < 4.78 is 5.20. The van der Waals surface area contributed by atoms with Crippen molar-refractivity contribution in [2.45, 2.75) is 25.0 Å². The molecule has 0 saturated carbocycles. The Kier molecular flexibility index (Phi) is 1.73. The summed E-state index contributed by atoms with van der Waals surface area (Å²) in [5, 5.41) is 0. The fourth-order valence-corrected chi connectivity index (χ4v) is 1.58. The van der Waals surface area contributed by atoms with E-state index in [1.807, 2.05) is 6.92 Å². The molecule has 1 aliphatic rings. The maximum Gasteiger partial charge on any atom is 0.261 e. The predicted octanol–water partition coefficient (Wildman–Crippen LogP) is 1.00. The quantitative estimate of drug-likeness (QED) is 0.589. The minimum atomic E-state index is -0.125. The van der Waals surface area contributed by atoms with E-state index in [-0.39, 0.29) is 5.56 Å². The number of thiol groups is 1. The maximum absolute atomic E-state index is 11.2. The first kappa shape index (κ1) is 7.89. The Morgan fingerprint density at radius 2 is 2.25 bits per heavy atom. The molecule has 0 radical (unpaired) electrons. The first-order chi connectivity index (χ1) is 5.70. The molecule has 1 N–H and O–H groups in total. The van der Waals surface area contributed by atoms with Crippen LogP contribution in [0.5, 0.6) is 0 Å². The molecule has 0 aromatic carbocycles. The SMILES string of the molecule is Cc1c2c([nH]c(=O)c1S)COC2. The van der Waals surface area contributed by atoms with Crippen molar-refractivity contribution in [3.63, 3.8) is 0 Å². The van der Waals surface area contributed by atoms with Crippen molar-refractivity contribution < 1.29 is 4.74 Å². The van der Waals surface area contributed by atoms with Gasteiger partial charge in [0, 0.05) is 11.3 Å². The van der Waals surface area contributed by atoms with Crippen LogP contribution in [0, 0.1) is 6.92 Å². The largest absolute Gasteiger partial charge is 0.370 e. The third kappa shape index (κ3) is 0.990. The molecule has 1 aliphatic heterocycles. The molecular formula is C8H9NO2S. The van der Waals surface area contributed by atoms with E-state index in [2.05, 4.69) is 17.6 Å². The summed E-state index contributed by atoms with van der Waals surface area (Å²) in [6, 6.07) is 0. The molecule has 0 fully saturated rings. The topological polar surface area (TPSA) is 42.1 Å². The van der Waals surface area contributed by atoms with Gasteiger partial charge in [-0.05, 0) is 12.5 Å². The number of rotatable bonds is 0. The van der Waals surface area contributed by atoms with Crippen LogP contribution < -0.4 is 5.56 Å². The minimum Gasteiger partial charge on any atom is -0.370 e. The molecule has 0 bridgehead atoms. The molecular weight excluding hydrogens is 174 g/mol. The van der Waals surface area contributed by atoms with Gasteiger partial charge in [0.05, 0.1) is 18.1 Å². The van der Waals surface area contributed by atoms with E-state index in [1.54, 1.807) is 0 Å². The molecule has 1 aromatic rings. The van der Waals surface area contributed by atoms with Gasteiger partial charge in [-0.3, -0.25) is 4.79 Å². The molecule has 4 heteroatoms. The highest BCUT2D eigenvalue weighted by Crippen LogP contribution is 2.22. The van der Waals surface area contributed by atoms with E-state index in [0.29, 0.717) is 18.1 Å². The van der Waals surface area contributed by atoms with Crippen LogP contribution in [-0.4, -0.2) is 4.98 Å². The van der Waals surface area contributed by atoms with Crippen molar-refractivity contribution in [3.8, 4) is 0 Å². The summed E-state index contributed by atoms with van der Waals surface area (Å²) in [6.45, 7) is 3.00. The highest BCUT2D eigenvalue weighted by atomic mass is 32.1. The molecule has 0 amide bonds. The Morgan fingerprint density at radius 3 is 3.00 bits per heavy atom. The zero-order valence-electron chi connectivity index (χ0n) is 6.68. The molecule has 0 saturated heterocycles. The molecule has 1 aromatic heterocycles. The standard InChI is InChI=1S/C8H9NO2S/c1-4-5-2-11-3-6(5)9-8(10)7(4)12/h12H,2-3H2,1H3,(H,9,10). The monoisotopic (exact) mass is 183 g/mol. The molecule has 0 atom stereocenters. The lowest BCUT2D eigenvalue weighted by atomic mass is 10.1. The molecule has 3 nitrogen and oxygen atoms in total. The Labute approximate surface area is 75.2 Å². The van der Waals surface area contributed by atoms with E-state index in [1.165, 1.54) is 0 Å². The zero-order valence-corrected chi connectivity index (χ0v) is 7.57. The number of aromatic nitrogens is 1. The molecule has 2 rings (SSSR count). The summed E-state index contributed by atoms with van der Waals surface area (Å²) in [6.07, 6.45) is 0. The van der Waals surface area contributed by atoms with Gasteiger partial charge in [-0.2, -0.15) is 0 Å². The van der Waals surface area contributed by atoms with Crippen molar-refractivity contribution in [3.05, 3.63) is 27.2 Å². The first-order valence-electron chi connectivity index (χ1n) is 3.71. The highest BCUT2D eigenvalue weighted by Gasteiger charge is 2.17. The summed E-state index contributed by atoms with van der Waals surface area (Å²) >= 11 is 4.11. The molecule has 12 heavy (non-hydrogen) atoms. The van der Waals surface area contributed by atoms with Crippen molar-refractivity contribution in [2.24, 2.45) is 0 Å². The van der Waals surface area contributed by atoms with Crippen LogP contribution in [0.4, 0.5) is 0 Å². The fraction of sp³-hybridized carbons (Fsp3) is 0.375. The second-order valence-corrected chi connectivity index (χ2v) is 3.32. The number of hydrogen-bond acceptors (Lipinski definition) is 3. The molecule has 0 spiro atoms. The van der Waals surface area contributed by atoms with Gasteiger partial charge >= 0.3 is 0 Å². The lowest BCUT2D eigenvalue weighted by Gasteiger charge is -2.03. The normalized spacial score (nSPS) is 14.8. The van der Waals surface area contributed by atoms with Crippen LogP contribution in [0.1, 0.15) is 16.8 Å². The van der Waals surface area contributed by atoms with Crippen molar-refractivity contribution >= 4 is 12.6 Å². The van der Waals surface area contributed by atoms with Gasteiger partial charge in [-0.15, -0.1) is 12.6 Å². The number of H-pyrrole nitrogens is 1. The second-order valence-electron chi connectivity index (χ2n) is 2.88. The lowest BCUT2D eigenvalue weighted by Crippen LogP contribution is -2.12. The highest BCUT2D eigenvalue weighted by molar-refractivity contribution is 7.80. The summed E-state index contributed by atoms with van der Waals surface area (Å²) in [7, 11) is 0. The number of ether oxygens (including phenoxy) is 1. The van der Waals surface area contributed by atoms with Gasteiger partial charge in [-0.1, -0.05) is 0 Å². The first-order valence-corrected chi connectivity index (χ1v) is 4.16. The van der Waals surface area contributed by atoms with E-state index in [0.717, 1.165) is 16.8 Å². The van der Waals surface area contributed by atoms with Crippen LogP contribution in [0.15, 0.2) is 9.69 Å². The zero-order chi connectivity index (χ0) is 8.72. The number of nitrogens with one attached hydrogen (secondary N) is 1. The van der Waals surface area contributed by atoms with Crippen LogP contribution >= 0.6 is 12.6 Å². The van der Waals surface area contributed by atoms with Crippen molar-refractivity contribution in [1.82, 2.24) is 4.98 Å². The predicted molar refractivity (Wildman–Crippen MR) is 47.5 cm³/mol. The molecule has 64 valence electrons. The van der Waals surface area contributed by atoms with E-state index in [4.69, 9.17) is 4.74 Å². The molecule has 2 heterocycles. The molecule has 0 aliphatic carbocycles. The third-order valence-electron chi connectivity index (χ3n) is 2.14. The third-order valence-corrected chi connectivity index (χ3v) is 2.68. The number of fused-ring (bicyclic) bond motifs is 1. The number of pyridine rings is 1. The second kappa shape index (κ2) is 2.64. The molecule has 0 unspecified atom stereocenters. The number of hydrogen-bond donors (Lipinski definition) is 2. The Hall–Kier alpha value is -0.740. The summed E-state index contributed by atoms with van der Waals surface area (Å²) in [4.78, 5) is 14.5. The van der Waals surface area contributed by atoms with Crippen LogP contribution in [-0.2, 0) is 18.0 Å². The van der Waals surface area contributed by atoms with Gasteiger partial charge in [0.25, 0.3) is 5.56 Å². The fourth-order valence-electron chi connectivity index (χ4n) is 1.38. The number of aromatic amines is 1. The average Bonchev–Trinajstić information content (AvgIpc) is 2.48. The lowest BCUT2D eigenvalue weighted by molar-refractivity contribution is 0.133. The van der Waals surface area contributed by atoms with Crippen LogP contribution in [0.25, 0.3) is 0 Å². The Morgan fingerprint density at radius 1 is 1.50 bits per heavy atom. The van der Waals surface area contributed by atoms with Crippen LogP contribution in [0.2, 0.25) is 0 Å². The maximum atomic E-state index is 11.2. The van der Waals surface area contributed by atoms with Gasteiger partial charge in [0.1, 0.15) is 0 Å². The van der Waals surface area contributed by atoms with Gasteiger partial charge < -0.3 is 9.72 Å². The van der Waals surface area contributed by atoms with E-state index in [9.17, 15) is 4.79 Å². The Balaban J connectivity index is 2.76. The van der Waals surface area contributed by atoms with Crippen molar-refractivity contribution in [1.29, 1.82) is 0 Å². The summed E-state index contributed by atoms with van der Waals surface area (Å²) in [5.74, 6) is 0. The van der Waals surface area contributed by atoms with Crippen molar-refractivity contribution in [2.75, 3.05) is 0 Å². The summed E-state index contributed by atoms with van der Waals surface area (Å²) in [5.41, 5.74) is 2.80. The smallest absolute Gasteiger partial charge is 0.261 e. The van der Waals surface area contributed by atoms with Crippen LogP contribution in [0.3, 0.4) is 0 Å². The Bertz CT molecular complexity index is 383. The van der Waals surface area contributed by atoms with Gasteiger partial charge in [0.15, 0.2) is 0 Å². The van der Waals surface area contributed by atoms with E-state index >= 15 is 0 Å².